The van der Waals surface area contributed by atoms with Gasteiger partial charge < -0.3 is 9.88 Å². The topological polar surface area (TPSA) is 51.9 Å². The van der Waals surface area contributed by atoms with Crippen LogP contribution in [0.5, 0.6) is 0 Å². The van der Waals surface area contributed by atoms with Crippen LogP contribution in [-0.4, -0.2) is 20.3 Å². The molecule has 3 aromatic heterocycles. The van der Waals surface area contributed by atoms with Crippen molar-refractivity contribution in [1.82, 2.24) is 14.3 Å². The number of aryl methyl sites for hydroxylation is 1. The molecule has 3 aromatic rings. The number of hydrogen-bond acceptors (Lipinski definition) is 3. The van der Waals surface area contributed by atoms with Gasteiger partial charge in [-0.05, 0) is 31.4 Å². The van der Waals surface area contributed by atoms with Crippen molar-refractivity contribution in [2.45, 2.75) is 19.9 Å². The molecular weight excluding hydrogens is 272 g/mol. The SMILES string of the molecule is CC(C)n1c(C(=O)Nc2cnn(C)c2)cc2sccc21. The number of hydrogen-bond donors (Lipinski definition) is 1. The maximum absolute atomic E-state index is 12.5. The van der Waals surface area contributed by atoms with Gasteiger partial charge in [0.25, 0.3) is 5.91 Å². The summed E-state index contributed by atoms with van der Waals surface area (Å²) in [6.45, 7) is 4.16. The van der Waals surface area contributed by atoms with Crippen LogP contribution in [0.25, 0.3) is 10.2 Å². The van der Waals surface area contributed by atoms with Crippen molar-refractivity contribution >= 4 is 33.1 Å². The molecule has 0 fully saturated rings. The average molecular weight is 288 g/mol. The highest BCUT2D eigenvalue weighted by atomic mass is 32.1. The second kappa shape index (κ2) is 4.79. The Morgan fingerprint density at radius 2 is 2.25 bits per heavy atom. The molecule has 0 aliphatic heterocycles. The number of aromatic nitrogens is 3. The fraction of sp³-hybridized carbons (Fsp3) is 0.286. The summed E-state index contributed by atoms with van der Waals surface area (Å²) in [5, 5.41) is 8.99. The number of carbonyl (C=O) groups is 1. The number of carbonyl (C=O) groups excluding carboxylic acids is 1. The first-order chi connectivity index (χ1) is 9.56. The molecule has 1 amide bonds. The van der Waals surface area contributed by atoms with Gasteiger partial charge in [-0.1, -0.05) is 0 Å². The summed E-state index contributed by atoms with van der Waals surface area (Å²) >= 11 is 1.65. The Kier molecular flexibility index (Phi) is 3.10. The first kappa shape index (κ1) is 12.9. The number of amides is 1. The molecule has 6 heteroatoms. The lowest BCUT2D eigenvalue weighted by Crippen LogP contribution is -2.17. The molecule has 20 heavy (non-hydrogen) atoms. The zero-order valence-electron chi connectivity index (χ0n) is 11.6. The molecule has 0 saturated heterocycles. The van der Waals surface area contributed by atoms with Gasteiger partial charge in [-0.3, -0.25) is 9.48 Å². The lowest BCUT2D eigenvalue weighted by atomic mass is 10.3. The van der Waals surface area contributed by atoms with Gasteiger partial charge in [0, 0.05) is 19.3 Å². The van der Waals surface area contributed by atoms with Crippen molar-refractivity contribution in [3.05, 3.63) is 35.6 Å². The van der Waals surface area contributed by atoms with Crippen LogP contribution < -0.4 is 5.32 Å². The van der Waals surface area contributed by atoms with Gasteiger partial charge in [-0.25, -0.2) is 0 Å². The van der Waals surface area contributed by atoms with Crippen LogP contribution in [0.4, 0.5) is 5.69 Å². The third-order valence-corrected chi connectivity index (χ3v) is 4.03. The fourth-order valence-corrected chi connectivity index (χ4v) is 3.17. The number of rotatable bonds is 3. The Morgan fingerprint density at radius 1 is 1.45 bits per heavy atom. The number of nitrogens with zero attached hydrogens (tertiary/aromatic N) is 3. The van der Waals surface area contributed by atoms with E-state index < -0.39 is 0 Å². The molecule has 0 radical (unpaired) electrons. The normalized spacial score (nSPS) is 11.4. The van der Waals surface area contributed by atoms with Crippen LogP contribution >= 0.6 is 11.3 Å². The van der Waals surface area contributed by atoms with E-state index in [-0.39, 0.29) is 11.9 Å². The van der Waals surface area contributed by atoms with Gasteiger partial charge in [-0.2, -0.15) is 5.10 Å². The van der Waals surface area contributed by atoms with Crippen LogP contribution in [0.1, 0.15) is 30.4 Å². The maximum Gasteiger partial charge on any atom is 0.272 e. The van der Waals surface area contributed by atoms with E-state index in [1.54, 1.807) is 28.4 Å². The largest absolute Gasteiger partial charge is 0.333 e. The average Bonchev–Trinajstić information content (AvgIpc) is 3.02. The predicted octanol–water partition coefficient (Wildman–Crippen LogP) is 3.27. The van der Waals surface area contributed by atoms with Gasteiger partial charge >= 0.3 is 0 Å². The Bertz CT molecular complexity index is 765. The highest BCUT2D eigenvalue weighted by Gasteiger charge is 2.18. The minimum Gasteiger partial charge on any atom is -0.333 e. The fourth-order valence-electron chi connectivity index (χ4n) is 2.36. The molecular formula is C14H16N4OS. The molecule has 0 atom stereocenters. The quantitative estimate of drug-likeness (QED) is 0.804. The zero-order valence-corrected chi connectivity index (χ0v) is 12.4. The van der Waals surface area contributed by atoms with Gasteiger partial charge in [0.2, 0.25) is 0 Å². The summed E-state index contributed by atoms with van der Waals surface area (Å²) in [6, 6.07) is 4.24. The molecule has 3 heterocycles. The summed E-state index contributed by atoms with van der Waals surface area (Å²) < 4.78 is 4.86. The minimum atomic E-state index is -0.102. The highest BCUT2D eigenvalue weighted by molar-refractivity contribution is 7.17. The van der Waals surface area contributed by atoms with Crippen molar-refractivity contribution in [3.8, 4) is 0 Å². The van der Waals surface area contributed by atoms with Crippen molar-refractivity contribution in [2.24, 2.45) is 7.05 Å². The third kappa shape index (κ3) is 2.12. The first-order valence-electron chi connectivity index (χ1n) is 6.44. The van der Waals surface area contributed by atoms with Crippen LogP contribution in [-0.2, 0) is 7.05 Å². The smallest absolute Gasteiger partial charge is 0.272 e. The van der Waals surface area contributed by atoms with E-state index in [0.717, 1.165) is 10.2 Å². The van der Waals surface area contributed by atoms with E-state index in [1.165, 1.54) is 0 Å². The van der Waals surface area contributed by atoms with Crippen LogP contribution in [0, 0.1) is 0 Å². The predicted molar refractivity (Wildman–Crippen MR) is 81.4 cm³/mol. The number of fused-ring (bicyclic) bond motifs is 1. The molecule has 0 aliphatic rings. The summed E-state index contributed by atoms with van der Waals surface area (Å²) in [5.74, 6) is -0.102. The number of anilines is 1. The lowest BCUT2D eigenvalue weighted by molar-refractivity contribution is 0.101. The van der Waals surface area contributed by atoms with E-state index >= 15 is 0 Å². The van der Waals surface area contributed by atoms with Crippen LogP contribution in [0.2, 0.25) is 0 Å². The Balaban J connectivity index is 1.98. The molecule has 3 rings (SSSR count). The van der Waals surface area contributed by atoms with E-state index in [1.807, 2.05) is 18.5 Å². The summed E-state index contributed by atoms with van der Waals surface area (Å²) in [5.41, 5.74) is 2.50. The summed E-state index contributed by atoms with van der Waals surface area (Å²) in [4.78, 5) is 12.5. The van der Waals surface area contributed by atoms with Crippen LogP contribution in [0.3, 0.4) is 0 Å². The molecule has 0 bridgehead atoms. The second-order valence-corrected chi connectivity index (χ2v) is 5.97. The van der Waals surface area contributed by atoms with E-state index in [0.29, 0.717) is 11.4 Å². The Hall–Kier alpha value is -2.08. The van der Waals surface area contributed by atoms with Crippen molar-refractivity contribution in [2.75, 3.05) is 5.32 Å². The van der Waals surface area contributed by atoms with E-state index in [9.17, 15) is 4.79 Å². The molecule has 0 saturated carbocycles. The van der Waals surface area contributed by atoms with Gasteiger partial charge in [-0.15, -0.1) is 11.3 Å². The molecule has 1 N–H and O–H groups in total. The number of thiophene rings is 1. The number of nitrogens with one attached hydrogen (secondary N) is 1. The lowest BCUT2D eigenvalue weighted by Gasteiger charge is -2.13. The molecule has 5 nitrogen and oxygen atoms in total. The molecule has 104 valence electrons. The van der Waals surface area contributed by atoms with Gasteiger partial charge in [0.15, 0.2) is 0 Å². The van der Waals surface area contributed by atoms with Crippen molar-refractivity contribution in [3.63, 3.8) is 0 Å². The first-order valence-corrected chi connectivity index (χ1v) is 7.32. The van der Waals surface area contributed by atoms with Crippen LogP contribution in [0.15, 0.2) is 29.9 Å². The highest BCUT2D eigenvalue weighted by Crippen LogP contribution is 2.28. The summed E-state index contributed by atoms with van der Waals surface area (Å²) in [6.07, 6.45) is 3.42. The minimum absolute atomic E-state index is 0.102. The second-order valence-electron chi connectivity index (χ2n) is 5.02. The standard InChI is InChI=1S/C14H16N4OS/c1-9(2)18-11-4-5-20-13(11)6-12(18)14(19)16-10-7-15-17(3)8-10/h4-9H,1-3H3,(H,16,19). The molecule has 0 aromatic carbocycles. The van der Waals surface area contributed by atoms with E-state index in [4.69, 9.17) is 0 Å². The monoisotopic (exact) mass is 288 g/mol. The molecule has 0 spiro atoms. The molecule has 0 unspecified atom stereocenters. The van der Waals surface area contributed by atoms with Crippen molar-refractivity contribution in [1.29, 1.82) is 0 Å². The third-order valence-electron chi connectivity index (χ3n) is 3.17. The van der Waals surface area contributed by atoms with Gasteiger partial charge in [0.05, 0.1) is 22.1 Å². The zero-order chi connectivity index (χ0) is 14.3. The summed E-state index contributed by atoms with van der Waals surface area (Å²) in [7, 11) is 1.82. The molecule has 0 aliphatic carbocycles. The Morgan fingerprint density at radius 3 is 2.90 bits per heavy atom. The van der Waals surface area contributed by atoms with E-state index in [2.05, 4.69) is 34.9 Å². The Labute approximate surface area is 120 Å². The maximum atomic E-state index is 12.5. The van der Waals surface area contributed by atoms with Gasteiger partial charge in [0.1, 0.15) is 5.69 Å². The van der Waals surface area contributed by atoms with Crippen molar-refractivity contribution < 1.29 is 4.79 Å².